The Morgan fingerprint density at radius 2 is 1.98 bits per heavy atom. The Morgan fingerprint density at radius 1 is 1.19 bits per heavy atom. The maximum absolute atomic E-state index is 13.9. The number of hydrogen-bond acceptors (Lipinski definition) is 8. The monoisotopic (exact) mass is 654 g/mol. The van der Waals surface area contributed by atoms with Gasteiger partial charge in [-0.15, -0.1) is 16.4 Å². The zero-order chi connectivity index (χ0) is 29.9. The molecule has 1 saturated carbocycles. The number of nitrogens with one attached hydrogen (secondary N) is 2. The van der Waals surface area contributed by atoms with Crippen LogP contribution in [0.15, 0.2) is 52.7 Å². The predicted octanol–water partition coefficient (Wildman–Crippen LogP) is 7.78. The largest absolute Gasteiger partial charge is 0.413 e. The van der Waals surface area contributed by atoms with E-state index in [4.69, 9.17) is 0 Å². The van der Waals surface area contributed by atoms with Gasteiger partial charge in [-0.05, 0) is 57.9 Å². The molecule has 2 N–H and O–H groups in total. The molecule has 1 fully saturated rings. The Balaban J connectivity index is 1.47. The number of alkyl halides is 3. The third kappa shape index (κ3) is 5.07. The zero-order valence-corrected chi connectivity index (χ0v) is 25.3. The van der Waals surface area contributed by atoms with Crippen LogP contribution in [-0.4, -0.2) is 37.7 Å². The summed E-state index contributed by atoms with van der Waals surface area (Å²) in [5.74, 6) is 0. The fourth-order valence-electron chi connectivity index (χ4n) is 4.96. The second-order valence-electron chi connectivity index (χ2n) is 11.7. The highest BCUT2D eigenvalue weighted by atomic mass is 79.9. The minimum absolute atomic E-state index is 0.0297. The van der Waals surface area contributed by atoms with E-state index in [0.717, 1.165) is 25.8 Å². The van der Waals surface area contributed by atoms with Crippen molar-refractivity contribution in [1.82, 2.24) is 25.0 Å². The van der Waals surface area contributed by atoms with Gasteiger partial charge in [0, 0.05) is 28.3 Å². The van der Waals surface area contributed by atoms with Crippen LogP contribution in [0.2, 0.25) is 0 Å². The number of rotatable bonds is 7. The fourth-order valence-corrected chi connectivity index (χ4v) is 6.36. The van der Waals surface area contributed by atoms with E-state index in [1.807, 2.05) is 30.3 Å². The summed E-state index contributed by atoms with van der Waals surface area (Å²) in [6.45, 7) is 6.91. The molecule has 42 heavy (non-hydrogen) atoms. The maximum Gasteiger partial charge on any atom is 0.413 e. The number of thiazole rings is 1. The molecule has 1 aliphatic carbocycles. The molecule has 216 valence electrons. The molecule has 3 aromatic heterocycles. The van der Waals surface area contributed by atoms with Crippen LogP contribution >= 0.6 is 27.3 Å². The van der Waals surface area contributed by atoms with Gasteiger partial charge in [0.1, 0.15) is 11.8 Å². The number of aromatic nitrogens is 5. The number of fused-ring (bicyclic) bond motifs is 2. The van der Waals surface area contributed by atoms with Gasteiger partial charge in [-0.1, -0.05) is 38.1 Å². The fraction of sp³-hybridized carbons (Fsp3) is 0.345. The first-order valence-corrected chi connectivity index (χ1v) is 14.9. The lowest BCUT2D eigenvalue weighted by Crippen LogP contribution is -2.35. The van der Waals surface area contributed by atoms with Crippen molar-refractivity contribution in [2.24, 2.45) is 5.41 Å². The van der Waals surface area contributed by atoms with Crippen molar-refractivity contribution in [2.45, 2.75) is 51.4 Å². The summed E-state index contributed by atoms with van der Waals surface area (Å²) in [7, 11) is 0. The molecule has 1 unspecified atom stereocenters. The van der Waals surface area contributed by atoms with Crippen molar-refractivity contribution in [3.05, 3.63) is 69.5 Å². The lowest BCUT2D eigenvalue weighted by molar-refractivity contribution is -0.182. The number of halogens is 4. The van der Waals surface area contributed by atoms with E-state index in [0.29, 0.717) is 39.2 Å². The summed E-state index contributed by atoms with van der Waals surface area (Å²) in [6, 6.07) is 11.0. The van der Waals surface area contributed by atoms with Gasteiger partial charge < -0.3 is 10.6 Å². The molecular weight excluding hydrogens is 629 g/mol. The van der Waals surface area contributed by atoms with Crippen molar-refractivity contribution < 1.29 is 13.2 Å². The van der Waals surface area contributed by atoms with E-state index in [1.54, 1.807) is 11.7 Å². The number of anilines is 2. The third-order valence-electron chi connectivity index (χ3n) is 7.35. The minimum Gasteiger partial charge on any atom is -0.383 e. The van der Waals surface area contributed by atoms with Gasteiger partial charge in [0.05, 0.1) is 44.7 Å². The highest BCUT2D eigenvalue weighted by Crippen LogP contribution is 2.55. The van der Waals surface area contributed by atoms with Gasteiger partial charge in [0.2, 0.25) is 0 Å². The summed E-state index contributed by atoms with van der Waals surface area (Å²) in [4.78, 5) is 8.93. The Morgan fingerprint density at radius 3 is 2.67 bits per heavy atom. The summed E-state index contributed by atoms with van der Waals surface area (Å²) < 4.78 is 44.3. The Hall–Kier alpha value is -3.76. The van der Waals surface area contributed by atoms with E-state index >= 15 is 0 Å². The first-order valence-electron chi connectivity index (χ1n) is 13.2. The van der Waals surface area contributed by atoms with Crippen LogP contribution in [-0.2, 0) is 5.54 Å². The topological polar surface area (TPSA) is 104 Å². The lowest BCUT2D eigenvalue weighted by Gasteiger charge is -2.23. The molecule has 0 radical (unpaired) electrons. The Kier molecular flexibility index (Phi) is 6.89. The third-order valence-corrected chi connectivity index (χ3v) is 8.84. The highest BCUT2D eigenvalue weighted by molar-refractivity contribution is 9.10. The average molecular weight is 656 g/mol. The molecule has 2 aromatic carbocycles. The van der Waals surface area contributed by atoms with Crippen molar-refractivity contribution in [1.29, 1.82) is 5.26 Å². The number of nitrogens with zero attached hydrogens (tertiary/aromatic N) is 6. The van der Waals surface area contributed by atoms with Crippen LogP contribution in [0.1, 0.15) is 56.5 Å². The van der Waals surface area contributed by atoms with Crippen molar-refractivity contribution in [3.63, 3.8) is 0 Å². The van der Waals surface area contributed by atoms with Crippen LogP contribution < -0.4 is 10.6 Å². The van der Waals surface area contributed by atoms with Gasteiger partial charge in [-0.3, -0.25) is 4.98 Å². The number of nitriles is 1. The molecule has 0 saturated heterocycles. The summed E-state index contributed by atoms with van der Waals surface area (Å²) in [5, 5.41) is 25.7. The van der Waals surface area contributed by atoms with E-state index < -0.39 is 17.8 Å². The van der Waals surface area contributed by atoms with Crippen LogP contribution in [0, 0.1) is 16.7 Å². The quantitative estimate of drug-likeness (QED) is 0.185. The number of hydrogen-bond donors (Lipinski definition) is 2. The molecule has 1 atom stereocenters. The first-order chi connectivity index (χ1) is 19.9. The number of benzene rings is 2. The van der Waals surface area contributed by atoms with Crippen molar-refractivity contribution in [3.8, 4) is 6.07 Å². The molecule has 3 heterocycles. The molecule has 0 aliphatic heterocycles. The van der Waals surface area contributed by atoms with Crippen LogP contribution in [0.4, 0.5) is 24.5 Å². The van der Waals surface area contributed by atoms with E-state index in [-0.39, 0.29) is 18.3 Å². The SMILES string of the molecule is CC(C)(C)CNc1c(C#N)cnc2c(Br)cc(NC(c3cn(C4(C(F)(F)F)CC4)nn3)c3cccc4ncsc34)cc12. The lowest BCUT2D eigenvalue weighted by atomic mass is 9.96. The van der Waals surface area contributed by atoms with Gasteiger partial charge in [-0.25, -0.2) is 9.67 Å². The number of pyridine rings is 1. The van der Waals surface area contributed by atoms with E-state index in [9.17, 15) is 18.4 Å². The van der Waals surface area contributed by atoms with Gasteiger partial charge in [0.25, 0.3) is 0 Å². The Bertz CT molecular complexity index is 1850. The highest BCUT2D eigenvalue weighted by Gasteiger charge is 2.66. The van der Waals surface area contributed by atoms with Crippen LogP contribution in [0.5, 0.6) is 0 Å². The maximum atomic E-state index is 13.9. The first kappa shape index (κ1) is 28.4. The summed E-state index contributed by atoms with van der Waals surface area (Å²) in [5.41, 5.74) is 4.01. The normalized spacial score (nSPS) is 15.5. The molecule has 5 aromatic rings. The van der Waals surface area contributed by atoms with Gasteiger partial charge >= 0.3 is 6.18 Å². The van der Waals surface area contributed by atoms with Crippen LogP contribution in [0.3, 0.4) is 0 Å². The molecule has 0 bridgehead atoms. The average Bonchev–Trinajstić information content (AvgIpc) is 3.37. The second-order valence-corrected chi connectivity index (χ2v) is 13.4. The Labute approximate surface area is 252 Å². The predicted molar refractivity (Wildman–Crippen MR) is 160 cm³/mol. The molecule has 6 rings (SSSR count). The zero-order valence-electron chi connectivity index (χ0n) is 22.9. The molecule has 13 heteroatoms. The molecular formula is C29H26BrF3N8S. The van der Waals surface area contributed by atoms with Crippen molar-refractivity contribution in [2.75, 3.05) is 17.2 Å². The summed E-state index contributed by atoms with van der Waals surface area (Å²) >= 11 is 5.08. The van der Waals surface area contributed by atoms with Gasteiger partial charge in [0.15, 0.2) is 5.54 Å². The van der Waals surface area contributed by atoms with Crippen molar-refractivity contribution >= 4 is 59.8 Å². The van der Waals surface area contributed by atoms with E-state index in [2.05, 4.69) is 73.7 Å². The summed E-state index contributed by atoms with van der Waals surface area (Å²) in [6.07, 6.45) is -1.55. The standard InChI is InChI=1S/C29H26BrF3N8S/c1-27(2,3)14-36-23-16(11-34)12-35-24-19(23)9-17(10-20(24)30)38-25(18-5-4-6-21-26(18)42-15-37-21)22-13-41(40-39-22)28(7-8-28)29(31,32)33/h4-6,9-10,12-13,15,25,38H,7-8,14H2,1-3H3,(H,35,36). The minimum atomic E-state index is -4.43. The second kappa shape index (κ2) is 10.2. The van der Waals surface area contributed by atoms with E-state index in [1.165, 1.54) is 17.5 Å². The van der Waals surface area contributed by atoms with Gasteiger partial charge in [-0.2, -0.15) is 18.4 Å². The molecule has 0 spiro atoms. The molecule has 0 amide bonds. The molecule has 1 aliphatic rings. The van der Waals surface area contributed by atoms with Crippen LogP contribution in [0.25, 0.3) is 21.1 Å². The molecule has 8 nitrogen and oxygen atoms in total. The smallest absolute Gasteiger partial charge is 0.383 e.